The lowest BCUT2D eigenvalue weighted by Crippen LogP contribution is -3.00. The number of rotatable bonds is 14. The number of hydrogen-bond donors (Lipinski definition) is 1. The molecule has 0 amide bonds. The standard InChI is InChI=1S/C18H39ClNO.ClH/c1-5-8-9-10-11-12-13-18(19)14-15-20(6-2,7-3)16-17(4)21;/h17-18,21H,5-16H2,1-4H3;1H/q+1;/p-1. The van der Waals surface area contributed by atoms with Crippen molar-refractivity contribution in [2.45, 2.75) is 90.5 Å². The third kappa shape index (κ3) is 12.0. The smallest absolute Gasteiger partial charge is 0.105 e. The number of unbranched alkanes of at least 4 members (excludes halogenated alkanes) is 5. The molecule has 0 aromatic carbocycles. The van der Waals surface area contributed by atoms with E-state index in [1.807, 2.05) is 6.92 Å². The number of alkyl halides is 1. The summed E-state index contributed by atoms with van der Waals surface area (Å²) in [5, 5.41) is 10.0. The summed E-state index contributed by atoms with van der Waals surface area (Å²) in [6.07, 6.45) is 10.0. The maximum Gasteiger partial charge on any atom is 0.105 e. The number of halogens is 2. The quantitative estimate of drug-likeness (QED) is 0.287. The summed E-state index contributed by atoms with van der Waals surface area (Å²) in [6.45, 7) is 12.7. The summed E-state index contributed by atoms with van der Waals surface area (Å²) in [6, 6.07) is 0. The fourth-order valence-electron chi connectivity index (χ4n) is 3.15. The molecule has 22 heavy (non-hydrogen) atoms. The summed E-state index contributed by atoms with van der Waals surface area (Å²) >= 11 is 6.50. The summed E-state index contributed by atoms with van der Waals surface area (Å²) in [5.74, 6) is 0. The highest BCUT2D eigenvalue weighted by molar-refractivity contribution is 6.20. The predicted molar refractivity (Wildman–Crippen MR) is 95.0 cm³/mol. The molecule has 0 aromatic rings. The van der Waals surface area contributed by atoms with Gasteiger partial charge in [0.25, 0.3) is 0 Å². The first-order valence-electron chi connectivity index (χ1n) is 9.16. The van der Waals surface area contributed by atoms with Gasteiger partial charge in [-0.2, -0.15) is 0 Å². The molecule has 0 aromatic heterocycles. The third-order valence-corrected chi connectivity index (χ3v) is 5.22. The zero-order chi connectivity index (χ0) is 16.1. The van der Waals surface area contributed by atoms with E-state index in [2.05, 4.69) is 20.8 Å². The Labute approximate surface area is 150 Å². The number of likely N-dealkylation sites (N-methyl/N-ethyl adjacent to an activating group) is 1. The van der Waals surface area contributed by atoms with E-state index in [1.165, 1.54) is 38.5 Å². The van der Waals surface area contributed by atoms with E-state index in [0.717, 1.165) is 43.5 Å². The van der Waals surface area contributed by atoms with Crippen LogP contribution in [0.4, 0.5) is 0 Å². The van der Waals surface area contributed by atoms with Crippen molar-refractivity contribution in [2.24, 2.45) is 0 Å². The van der Waals surface area contributed by atoms with E-state index >= 15 is 0 Å². The number of hydrogen-bond acceptors (Lipinski definition) is 1. The first-order valence-corrected chi connectivity index (χ1v) is 9.60. The van der Waals surface area contributed by atoms with Crippen molar-refractivity contribution in [3.63, 3.8) is 0 Å². The topological polar surface area (TPSA) is 20.2 Å². The van der Waals surface area contributed by atoms with Crippen molar-refractivity contribution in [1.82, 2.24) is 0 Å². The van der Waals surface area contributed by atoms with E-state index in [1.54, 1.807) is 0 Å². The van der Waals surface area contributed by atoms with Crippen LogP contribution in [0.1, 0.15) is 79.1 Å². The second-order valence-corrected chi connectivity index (χ2v) is 7.29. The van der Waals surface area contributed by atoms with Crippen molar-refractivity contribution in [3.05, 3.63) is 0 Å². The maximum atomic E-state index is 9.71. The average molecular weight is 356 g/mol. The predicted octanol–water partition coefficient (Wildman–Crippen LogP) is 1.98. The second-order valence-electron chi connectivity index (χ2n) is 6.67. The first kappa shape index (κ1) is 24.7. The van der Waals surface area contributed by atoms with Gasteiger partial charge < -0.3 is 22.0 Å². The largest absolute Gasteiger partial charge is 1.00 e. The zero-order valence-corrected chi connectivity index (χ0v) is 16.8. The molecule has 0 aliphatic carbocycles. The molecule has 1 N–H and O–H groups in total. The summed E-state index contributed by atoms with van der Waals surface area (Å²) in [7, 11) is 0. The number of quaternary nitrogens is 1. The normalized spacial score (nSPS) is 14.5. The second kappa shape index (κ2) is 15.1. The highest BCUT2D eigenvalue weighted by Gasteiger charge is 2.25. The van der Waals surface area contributed by atoms with E-state index < -0.39 is 0 Å². The Morgan fingerprint density at radius 3 is 1.95 bits per heavy atom. The van der Waals surface area contributed by atoms with Gasteiger partial charge >= 0.3 is 0 Å². The van der Waals surface area contributed by atoms with Crippen LogP contribution in [0.2, 0.25) is 0 Å². The van der Waals surface area contributed by atoms with E-state index in [9.17, 15) is 5.11 Å². The van der Waals surface area contributed by atoms with Crippen molar-refractivity contribution in [1.29, 1.82) is 0 Å². The third-order valence-electron chi connectivity index (χ3n) is 4.78. The monoisotopic (exact) mass is 355 g/mol. The minimum Gasteiger partial charge on any atom is -1.00 e. The van der Waals surface area contributed by atoms with Gasteiger partial charge in [-0.1, -0.05) is 45.4 Å². The molecule has 0 spiro atoms. The maximum absolute atomic E-state index is 9.71. The molecule has 0 radical (unpaired) electrons. The van der Waals surface area contributed by atoms with Gasteiger partial charge in [-0.3, -0.25) is 0 Å². The highest BCUT2D eigenvalue weighted by Crippen LogP contribution is 2.18. The molecule has 0 rings (SSSR count). The molecule has 2 nitrogen and oxygen atoms in total. The molecule has 0 saturated carbocycles. The molecular weight excluding hydrogens is 317 g/mol. The summed E-state index contributed by atoms with van der Waals surface area (Å²) in [4.78, 5) is 0. The van der Waals surface area contributed by atoms with Crippen LogP contribution in [0.15, 0.2) is 0 Å². The number of aliphatic hydroxyl groups excluding tert-OH is 1. The van der Waals surface area contributed by atoms with E-state index in [0.29, 0.717) is 5.38 Å². The molecule has 0 aliphatic heterocycles. The van der Waals surface area contributed by atoms with Crippen LogP contribution >= 0.6 is 11.6 Å². The van der Waals surface area contributed by atoms with E-state index in [4.69, 9.17) is 11.6 Å². The Kier molecular flexibility index (Phi) is 16.9. The Balaban J connectivity index is 0. The first-order chi connectivity index (χ1) is 9.99. The van der Waals surface area contributed by atoms with Crippen molar-refractivity contribution < 1.29 is 22.0 Å². The molecule has 0 aliphatic rings. The van der Waals surface area contributed by atoms with Gasteiger partial charge in [0.1, 0.15) is 12.6 Å². The van der Waals surface area contributed by atoms with Gasteiger partial charge in [0.15, 0.2) is 0 Å². The lowest BCUT2D eigenvalue weighted by molar-refractivity contribution is -0.927. The fourth-order valence-corrected chi connectivity index (χ4v) is 3.41. The number of aliphatic hydroxyl groups is 1. The van der Waals surface area contributed by atoms with Gasteiger partial charge in [0.05, 0.1) is 19.6 Å². The van der Waals surface area contributed by atoms with Crippen LogP contribution in [-0.2, 0) is 0 Å². The highest BCUT2D eigenvalue weighted by atomic mass is 35.5. The molecule has 0 fully saturated rings. The Bertz CT molecular complexity index is 233. The summed E-state index contributed by atoms with van der Waals surface area (Å²) < 4.78 is 0.997. The zero-order valence-electron chi connectivity index (χ0n) is 15.3. The average Bonchev–Trinajstić information content (AvgIpc) is 2.46. The van der Waals surface area contributed by atoms with Gasteiger partial charge in [-0.05, 0) is 27.2 Å². The van der Waals surface area contributed by atoms with Crippen LogP contribution in [0, 0.1) is 0 Å². The van der Waals surface area contributed by atoms with Gasteiger partial charge in [-0.15, -0.1) is 11.6 Å². The van der Waals surface area contributed by atoms with Crippen LogP contribution in [0.25, 0.3) is 0 Å². The van der Waals surface area contributed by atoms with Gasteiger partial charge in [0, 0.05) is 11.8 Å². The van der Waals surface area contributed by atoms with Crippen molar-refractivity contribution in [3.8, 4) is 0 Å². The van der Waals surface area contributed by atoms with E-state index in [-0.39, 0.29) is 18.5 Å². The van der Waals surface area contributed by atoms with Crippen LogP contribution in [0.3, 0.4) is 0 Å². The Morgan fingerprint density at radius 1 is 0.909 bits per heavy atom. The molecule has 0 heterocycles. The molecule has 2 unspecified atom stereocenters. The van der Waals surface area contributed by atoms with Gasteiger partial charge in [-0.25, -0.2) is 0 Å². The molecular formula is C18H39Cl2NO. The lowest BCUT2D eigenvalue weighted by Gasteiger charge is -2.38. The Hall–Kier alpha value is 0.500. The lowest BCUT2D eigenvalue weighted by atomic mass is 10.1. The van der Waals surface area contributed by atoms with Crippen molar-refractivity contribution in [2.75, 3.05) is 26.2 Å². The molecule has 0 saturated heterocycles. The van der Waals surface area contributed by atoms with Crippen molar-refractivity contribution >= 4 is 11.6 Å². The molecule has 136 valence electrons. The SMILES string of the molecule is CCCCCCCCC(Cl)CC[N+](CC)(CC)CC(C)O.[Cl-]. The van der Waals surface area contributed by atoms with Crippen LogP contribution in [0.5, 0.6) is 0 Å². The molecule has 4 heteroatoms. The molecule has 2 atom stereocenters. The van der Waals surface area contributed by atoms with Gasteiger partial charge in [0.2, 0.25) is 0 Å². The molecule has 0 bridgehead atoms. The van der Waals surface area contributed by atoms with Crippen LogP contribution < -0.4 is 12.4 Å². The Morgan fingerprint density at radius 2 is 1.45 bits per heavy atom. The minimum absolute atomic E-state index is 0. The minimum atomic E-state index is -0.225. The fraction of sp³-hybridized carbons (Fsp3) is 1.00. The van der Waals surface area contributed by atoms with Crippen LogP contribution in [-0.4, -0.2) is 47.2 Å². The number of nitrogens with zero attached hydrogens (tertiary/aromatic N) is 1. The summed E-state index contributed by atoms with van der Waals surface area (Å²) in [5.41, 5.74) is 0.